The van der Waals surface area contributed by atoms with Gasteiger partial charge in [0.15, 0.2) is 0 Å². The van der Waals surface area contributed by atoms with E-state index in [1.807, 2.05) is 6.07 Å². The molecule has 1 saturated carbocycles. The molecule has 0 aromatic heterocycles. The highest BCUT2D eigenvalue weighted by Gasteiger charge is 2.36. The summed E-state index contributed by atoms with van der Waals surface area (Å²) >= 11 is 3.60. The van der Waals surface area contributed by atoms with Crippen LogP contribution in [0.25, 0.3) is 0 Å². The summed E-state index contributed by atoms with van der Waals surface area (Å²) in [6, 6.07) is 8.29. The van der Waals surface area contributed by atoms with Crippen molar-refractivity contribution in [2.75, 3.05) is 11.9 Å². The second kappa shape index (κ2) is 5.62. The van der Waals surface area contributed by atoms with Gasteiger partial charge in [-0.1, -0.05) is 26.0 Å². The van der Waals surface area contributed by atoms with E-state index in [1.165, 1.54) is 6.42 Å². The van der Waals surface area contributed by atoms with Gasteiger partial charge in [0.1, 0.15) is 0 Å². The Hall–Kier alpha value is -0.540. The van der Waals surface area contributed by atoms with Crippen LogP contribution in [0.3, 0.4) is 0 Å². The number of nitrogens with one attached hydrogen (secondary N) is 1. The summed E-state index contributed by atoms with van der Waals surface area (Å²) < 4.78 is 1.11. The van der Waals surface area contributed by atoms with Crippen molar-refractivity contribution in [3.05, 3.63) is 28.7 Å². The van der Waals surface area contributed by atoms with Gasteiger partial charge in [0, 0.05) is 22.2 Å². The second-order valence-electron chi connectivity index (χ2n) is 5.79. The maximum Gasteiger partial charge on any atom is 0.0498 e. The lowest BCUT2D eigenvalue weighted by Crippen LogP contribution is -2.50. The summed E-state index contributed by atoms with van der Waals surface area (Å²) in [4.78, 5) is 0. The van der Waals surface area contributed by atoms with Crippen molar-refractivity contribution >= 4 is 21.6 Å². The molecule has 1 aliphatic rings. The van der Waals surface area contributed by atoms with Crippen molar-refractivity contribution in [1.82, 2.24) is 0 Å². The molecular formula is C15H23BrN2. The zero-order valence-electron chi connectivity index (χ0n) is 11.2. The van der Waals surface area contributed by atoms with E-state index >= 15 is 0 Å². The summed E-state index contributed by atoms with van der Waals surface area (Å²) in [5.41, 5.74) is 7.29. The molecule has 0 saturated heterocycles. The topological polar surface area (TPSA) is 38.0 Å². The van der Waals surface area contributed by atoms with Crippen molar-refractivity contribution in [1.29, 1.82) is 0 Å². The van der Waals surface area contributed by atoms with E-state index in [-0.39, 0.29) is 5.54 Å². The van der Waals surface area contributed by atoms with Crippen LogP contribution in [0.1, 0.15) is 33.1 Å². The molecule has 0 bridgehead atoms. The minimum Gasteiger partial charge on any atom is -0.377 e. The standard InChI is InChI=1S/C15H23BrN2/c1-11-7-8-15(10-17,9-12(11)2)18-14-6-4-3-5-13(14)16/h3-6,11-12,18H,7-10,17H2,1-2H3. The molecule has 0 amide bonds. The summed E-state index contributed by atoms with van der Waals surface area (Å²) in [5.74, 6) is 1.54. The summed E-state index contributed by atoms with van der Waals surface area (Å²) in [5, 5.41) is 3.69. The number of rotatable bonds is 3. The molecule has 18 heavy (non-hydrogen) atoms. The number of nitrogens with two attached hydrogens (primary N) is 1. The number of benzene rings is 1. The van der Waals surface area contributed by atoms with Crippen LogP contribution in [-0.4, -0.2) is 12.1 Å². The third-order valence-corrected chi connectivity index (χ3v) is 5.12. The quantitative estimate of drug-likeness (QED) is 0.885. The molecule has 1 aromatic rings. The molecular weight excluding hydrogens is 288 g/mol. The van der Waals surface area contributed by atoms with E-state index in [0.717, 1.165) is 34.8 Å². The van der Waals surface area contributed by atoms with Gasteiger partial charge in [-0.15, -0.1) is 0 Å². The smallest absolute Gasteiger partial charge is 0.0498 e. The maximum absolute atomic E-state index is 6.07. The Bertz CT molecular complexity index is 407. The van der Waals surface area contributed by atoms with Gasteiger partial charge in [0.2, 0.25) is 0 Å². The average Bonchev–Trinajstić information content (AvgIpc) is 2.37. The average molecular weight is 311 g/mol. The molecule has 0 aliphatic heterocycles. The van der Waals surface area contributed by atoms with Gasteiger partial charge < -0.3 is 11.1 Å². The number of halogens is 1. The Kier molecular flexibility index (Phi) is 4.33. The first-order valence-corrected chi connectivity index (χ1v) is 7.58. The highest BCUT2D eigenvalue weighted by Crippen LogP contribution is 2.38. The van der Waals surface area contributed by atoms with Crippen molar-refractivity contribution in [3.63, 3.8) is 0 Å². The summed E-state index contributed by atoms with van der Waals surface area (Å²) in [6.45, 7) is 5.39. The molecule has 1 aromatic carbocycles. The molecule has 1 aliphatic carbocycles. The molecule has 3 atom stereocenters. The fraction of sp³-hybridized carbons (Fsp3) is 0.600. The number of hydrogen-bond acceptors (Lipinski definition) is 2. The third kappa shape index (κ3) is 2.89. The third-order valence-electron chi connectivity index (χ3n) is 4.43. The predicted molar refractivity (Wildman–Crippen MR) is 81.7 cm³/mol. The highest BCUT2D eigenvalue weighted by molar-refractivity contribution is 9.10. The molecule has 3 heteroatoms. The van der Waals surface area contributed by atoms with Gasteiger partial charge in [-0.05, 0) is 59.2 Å². The maximum atomic E-state index is 6.07. The van der Waals surface area contributed by atoms with Crippen LogP contribution in [-0.2, 0) is 0 Å². The molecule has 100 valence electrons. The number of hydrogen-bond donors (Lipinski definition) is 2. The lowest BCUT2D eigenvalue weighted by atomic mass is 9.71. The minimum absolute atomic E-state index is 0.0653. The first kappa shape index (κ1) is 13.9. The molecule has 0 spiro atoms. The van der Waals surface area contributed by atoms with Gasteiger partial charge in [0.05, 0.1) is 0 Å². The van der Waals surface area contributed by atoms with Crippen molar-refractivity contribution in [3.8, 4) is 0 Å². The van der Waals surface area contributed by atoms with Crippen molar-refractivity contribution < 1.29 is 0 Å². The second-order valence-corrected chi connectivity index (χ2v) is 6.64. The number of anilines is 1. The Morgan fingerprint density at radius 3 is 2.67 bits per heavy atom. The molecule has 1 fully saturated rings. The zero-order chi connectivity index (χ0) is 13.2. The Balaban J connectivity index is 2.16. The van der Waals surface area contributed by atoms with Crippen LogP contribution in [0.15, 0.2) is 28.7 Å². The van der Waals surface area contributed by atoms with Crippen LogP contribution in [0.2, 0.25) is 0 Å². The van der Waals surface area contributed by atoms with Crippen molar-refractivity contribution in [2.45, 2.75) is 38.6 Å². The van der Waals surface area contributed by atoms with Gasteiger partial charge >= 0.3 is 0 Å². The van der Waals surface area contributed by atoms with E-state index in [0.29, 0.717) is 6.54 Å². The Morgan fingerprint density at radius 1 is 1.33 bits per heavy atom. The Morgan fingerprint density at radius 2 is 2.06 bits per heavy atom. The van der Waals surface area contributed by atoms with Crippen LogP contribution in [0.5, 0.6) is 0 Å². The van der Waals surface area contributed by atoms with E-state index in [9.17, 15) is 0 Å². The monoisotopic (exact) mass is 310 g/mol. The Labute approximate surface area is 118 Å². The normalized spacial score (nSPS) is 32.2. The summed E-state index contributed by atoms with van der Waals surface area (Å²) in [6.07, 6.45) is 3.58. The fourth-order valence-corrected chi connectivity index (χ4v) is 3.29. The first-order valence-electron chi connectivity index (χ1n) is 6.79. The SMILES string of the molecule is CC1CCC(CN)(Nc2ccccc2Br)CC1C. The molecule has 2 rings (SSSR count). The van der Waals surface area contributed by atoms with Gasteiger partial charge in [0.25, 0.3) is 0 Å². The lowest BCUT2D eigenvalue weighted by Gasteiger charge is -2.43. The van der Waals surface area contributed by atoms with Crippen LogP contribution in [0, 0.1) is 11.8 Å². The largest absolute Gasteiger partial charge is 0.377 e. The van der Waals surface area contributed by atoms with E-state index in [4.69, 9.17) is 5.73 Å². The van der Waals surface area contributed by atoms with E-state index < -0.39 is 0 Å². The molecule has 3 unspecified atom stereocenters. The van der Waals surface area contributed by atoms with Crippen molar-refractivity contribution in [2.24, 2.45) is 17.6 Å². The molecule has 2 nitrogen and oxygen atoms in total. The van der Waals surface area contributed by atoms with Crippen LogP contribution >= 0.6 is 15.9 Å². The van der Waals surface area contributed by atoms with E-state index in [2.05, 4.69) is 53.3 Å². The number of para-hydroxylation sites is 1. The van der Waals surface area contributed by atoms with Gasteiger partial charge in [-0.3, -0.25) is 0 Å². The van der Waals surface area contributed by atoms with Crippen LogP contribution < -0.4 is 11.1 Å². The zero-order valence-corrected chi connectivity index (χ0v) is 12.8. The summed E-state index contributed by atoms with van der Waals surface area (Å²) in [7, 11) is 0. The minimum atomic E-state index is 0.0653. The molecule has 3 N–H and O–H groups in total. The predicted octanol–water partition coefficient (Wildman–Crippen LogP) is 4.01. The molecule has 0 radical (unpaired) electrons. The van der Waals surface area contributed by atoms with Gasteiger partial charge in [-0.25, -0.2) is 0 Å². The van der Waals surface area contributed by atoms with Crippen LogP contribution in [0.4, 0.5) is 5.69 Å². The van der Waals surface area contributed by atoms with E-state index in [1.54, 1.807) is 0 Å². The molecule has 0 heterocycles. The van der Waals surface area contributed by atoms with Gasteiger partial charge in [-0.2, -0.15) is 0 Å². The fourth-order valence-electron chi connectivity index (χ4n) is 2.91. The highest BCUT2D eigenvalue weighted by atomic mass is 79.9. The first-order chi connectivity index (χ1) is 8.56. The lowest BCUT2D eigenvalue weighted by molar-refractivity contribution is 0.196.